The quantitative estimate of drug-likeness (QED) is 0.232. The Labute approximate surface area is 226 Å². The molecule has 1 atom stereocenters. The molecule has 0 spiro atoms. The molecule has 1 unspecified atom stereocenters. The molecule has 1 N–H and O–H groups in total. The molecule has 0 amide bonds. The van der Waals surface area contributed by atoms with Crippen LogP contribution in [-0.2, 0) is 10.8 Å². The normalized spacial score (nSPS) is 15.6. The topological polar surface area (TPSA) is 80.1 Å². The SMILES string of the molecule is CC(C)Oc1ccc(-c2nc(-c3cccc4c3CCC4NCCO[Si](C)(C)C(C)(C)C)ns2)cc1C#N. The number of nitrogens with zero attached hydrogens (tertiary/aromatic N) is 3. The van der Waals surface area contributed by atoms with Crippen molar-refractivity contribution in [1.82, 2.24) is 14.7 Å². The van der Waals surface area contributed by atoms with Crippen LogP contribution in [0.5, 0.6) is 5.75 Å². The number of hydrogen-bond acceptors (Lipinski definition) is 7. The van der Waals surface area contributed by atoms with Gasteiger partial charge in [0.1, 0.15) is 16.8 Å². The van der Waals surface area contributed by atoms with Gasteiger partial charge in [-0.2, -0.15) is 9.64 Å². The van der Waals surface area contributed by atoms with Crippen LogP contribution in [0.2, 0.25) is 18.1 Å². The summed E-state index contributed by atoms with van der Waals surface area (Å²) in [6, 6.07) is 14.6. The van der Waals surface area contributed by atoms with Crippen LogP contribution in [0.1, 0.15) is 63.8 Å². The van der Waals surface area contributed by atoms with Crippen LogP contribution >= 0.6 is 11.5 Å². The minimum Gasteiger partial charge on any atom is -0.490 e. The van der Waals surface area contributed by atoms with Crippen molar-refractivity contribution in [2.45, 2.75) is 77.7 Å². The Morgan fingerprint density at radius 3 is 2.70 bits per heavy atom. The van der Waals surface area contributed by atoms with Crippen LogP contribution in [0.15, 0.2) is 36.4 Å². The van der Waals surface area contributed by atoms with Gasteiger partial charge in [0, 0.05) is 30.3 Å². The second kappa shape index (κ2) is 11.0. The second-order valence-electron chi connectivity index (χ2n) is 11.4. The van der Waals surface area contributed by atoms with Crippen LogP contribution in [0.4, 0.5) is 0 Å². The molecule has 0 saturated carbocycles. The van der Waals surface area contributed by atoms with Crippen molar-refractivity contribution >= 4 is 19.8 Å². The van der Waals surface area contributed by atoms with Crippen LogP contribution < -0.4 is 10.1 Å². The van der Waals surface area contributed by atoms with Crippen LogP contribution in [0.25, 0.3) is 22.0 Å². The third-order valence-corrected chi connectivity index (χ3v) is 12.7. The second-order valence-corrected chi connectivity index (χ2v) is 17.0. The van der Waals surface area contributed by atoms with Gasteiger partial charge in [-0.15, -0.1) is 0 Å². The molecular formula is C29H38N4O2SSi. The summed E-state index contributed by atoms with van der Waals surface area (Å²) < 4.78 is 16.8. The Morgan fingerprint density at radius 1 is 1.22 bits per heavy atom. The highest BCUT2D eigenvalue weighted by Crippen LogP contribution is 2.39. The molecule has 3 aromatic rings. The first-order chi connectivity index (χ1) is 17.5. The van der Waals surface area contributed by atoms with Crippen molar-refractivity contribution in [3.05, 3.63) is 53.1 Å². The van der Waals surface area contributed by atoms with Gasteiger partial charge in [0.2, 0.25) is 0 Å². The van der Waals surface area contributed by atoms with Gasteiger partial charge >= 0.3 is 0 Å². The van der Waals surface area contributed by atoms with E-state index in [2.05, 4.69) is 63.5 Å². The van der Waals surface area contributed by atoms with E-state index in [1.54, 1.807) is 0 Å². The van der Waals surface area contributed by atoms with Gasteiger partial charge in [0.25, 0.3) is 0 Å². The number of hydrogen-bond donors (Lipinski definition) is 1. The summed E-state index contributed by atoms with van der Waals surface area (Å²) in [4.78, 5) is 4.87. The standard InChI is InChI=1S/C29H38N4O2SSi/c1-19(2)35-26-14-11-20(17-21(26)18-30)28-32-27(33-36-28)24-10-8-9-23-22(24)12-13-25(23)31-15-16-34-37(6,7)29(3,4)5/h8-11,14,17,19,25,31H,12-13,15-16H2,1-7H3. The van der Waals surface area contributed by atoms with Gasteiger partial charge in [-0.05, 0) is 85.7 Å². The molecule has 0 radical (unpaired) electrons. The lowest BCUT2D eigenvalue weighted by Gasteiger charge is -2.36. The van der Waals surface area contributed by atoms with E-state index in [4.69, 9.17) is 18.5 Å². The van der Waals surface area contributed by atoms with E-state index in [1.807, 2.05) is 32.0 Å². The van der Waals surface area contributed by atoms with Gasteiger partial charge in [0.15, 0.2) is 14.1 Å². The van der Waals surface area contributed by atoms with Gasteiger partial charge in [-0.3, -0.25) is 0 Å². The first-order valence-electron chi connectivity index (χ1n) is 13.0. The van der Waals surface area contributed by atoms with Gasteiger partial charge in [-0.1, -0.05) is 39.0 Å². The average Bonchev–Trinajstić information content (AvgIpc) is 3.49. The van der Waals surface area contributed by atoms with Crippen molar-refractivity contribution in [2.75, 3.05) is 13.2 Å². The first-order valence-corrected chi connectivity index (χ1v) is 16.7. The maximum Gasteiger partial charge on any atom is 0.192 e. The molecular weight excluding hydrogens is 496 g/mol. The van der Waals surface area contributed by atoms with Gasteiger partial charge in [0.05, 0.1) is 11.7 Å². The number of ether oxygens (including phenoxy) is 1. The molecule has 1 aliphatic rings. The Bertz CT molecular complexity index is 1290. The Hall–Kier alpha value is -2.57. The molecule has 0 saturated heterocycles. The van der Waals surface area contributed by atoms with E-state index >= 15 is 0 Å². The molecule has 1 heterocycles. The van der Waals surface area contributed by atoms with Crippen LogP contribution in [0, 0.1) is 11.3 Å². The van der Waals surface area contributed by atoms with Crippen LogP contribution in [0.3, 0.4) is 0 Å². The van der Waals surface area contributed by atoms with Crippen molar-refractivity contribution in [3.63, 3.8) is 0 Å². The molecule has 0 fully saturated rings. The maximum absolute atomic E-state index is 9.59. The van der Waals surface area contributed by atoms with Gasteiger partial charge < -0.3 is 14.5 Å². The van der Waals surface area contributed by atoms with E-state index in [-0.39, 0.29) is 11.1 Å². The van der Waals surface area contributed by atoms with Crippen molar-refractivity contribution < 1.29 is 9.16 Å². The van der Waals surface area contributed by atoms with Crippen molar-refractivity contribution in [2.24, 2.45) is 0 Å². The fourth-order valence-corrected chi connectivity index (χ4v) is 6.11. The summed E-state index contributed by atoms with van der Waals surface area (Å²) >= 11 is 1.36. The summed E-state index contributed by atoms with van der Waals surface area (Å²) in [5, 5.41) is 14.3. The molecule has 0 bridgehead atoms. The van der Waals surface area contributed by atoms with E-state index in [0.29, 0.717) is 17.4 Å². The van der Waals surface area contributed by atoms with E-state index < -0.39 is 8.32 Å². The Balaban J connectivity index is 1.47. The molecule has 37 heavy (non-hydrogen) atoms. The minimum absolute atomic E-state index is 0.00860. The number of benzene rings is 2. The molecule has 2 aromatic carbocycles. The summed E-state index contributed by atoms with van der Waals surface area (Å²) in [5.74, 6) is 1.35. The van der Waals surface area contributed by atoms with Crippen molar-refractivity contribution in [3.8, 4) is 33.8 Å². The predicted molar refractivity (Wildman–Crippen MR) is 153 cm³/mol. The Morgan fingerprint density at radius 2 is 2.00 bits per heavy atom. The highest BCUT2D eigenvalue weighted by atomic mass is 32.1. The molecule has 196 valence electrons. The lowest BCUT2D eigenvalue weighted by molar-refractivity contribution is 0.242. The lowest BCUT2D eigenvalue weighted by Crippen LogP contribution is -2.42. The van der Waals surface area contributed by atoms with E-state index in [0.717, 1.165) is 48.0 Å². The third kappa shape index (κ3) is 6.12. The number of aromatic nitrogens is 2. The fourth-order valence-electron chi connectivity index (χ4n) is 4.39. The molecule has 1 aromatic heterocycles. The summed E-state index contributed by atoms with van der Waals surface area (Å²) in [6.07, 6.45) is 2.07. The van der Waals surface area contributed by atoms with E-state index in [9.17, 15) is 5.26 Å². The molecule has 6 nitrogen and oxygen atoms in total. The van der Waals surface area contributed by atoms with E-state index in [1.165, 1.54) is 22.7 Å². The smallest absolute Gasteiger partial charge is 0.192 e. The highest BCUT2D eigenvalue weighted by molar-refractivity contribution is 7.09. The zero-order chi connectivity index (χ0) is 26.8. The monoisotopic (exact) mass is 534 g/mol. The number of rotatable bonds is 9. The van der Waals surface area contributed by atoms with Gasteiger partial charge in [-0.25, -0.2) is 4.98 Å². The molecule has 4 rings (SSSR count). The van der Waals surface area contributed by atoms with Crippen molar-refractivity contribution in [1.29, 1.82) is 5.26 Å². The highest BCUT2D eigenvalue weighted by Gasteiger charge is 2.37. The number of fused-ring (bicyclic) bond motifs is 1. The average molecular weight is 535 g/mol. The minimum atomic E-state index is -1.73. The third-order valence-electron chi connectivity index (χ3n) is 7.41. The summed E-state index contributed by atoms with van der Waals surface area (Å²) in [5.41, 5.74) is 5.15. The zero-order valence-electron chi connectivity index (χ0n) is 23.0. The molecule has 0 aliphatic heterocycles. The van der Waals surface area contributed by atoms with Crippen LogP contribution in [-0.4, -0.2) is 36.9 Å². The predicted octanol–water partition coefficient (Wildman–Crippen LogP) is 7.13. The maximum atomic E-state index is 9.59. The number of nitriles is 1. The number of nitrogens with one attached hydrogen (secondary N) is 1. The zero-order valence-corrected chi connectivity index (χ0v) is 24.8. The Kier molecular flexibility index (Phi) is 8.19. The molecule has 1 aliphatic carbocycles. The largest absolute Gasteiger partial charge is 0.490 e. The fraction of sp³-hybridized carbons (Fsp3) is 0.483. The lowest BCUT2D eigenvalue weighted by atomic mass is 10.0. The first kappa shape index (κ1) is 27.5. The molecule has 8 heteroatoms. The summed E-state index contributed by atoms with van der Waals surface area (Å²) in [7, 11) is -1.73. The summed E-state index contributed by atoms with van der Waals surface area (Å²) in [6.45, 7) is 16.9.